The van der Waals surface area contributed by atoms with Crippen LogP contribution in [-0.4, -0.2) is 27.5 Å². The maximum atomic E-state index is 11.7. The van der Waals surface area contributed by atoms with Gasteiger partial charge < -0.3 is 4.74 Å². The first-order chi connectivity index (χ1) is 9.93. The summed E-state index contributed by atoms with van der Waals surface area (Å²) in [6.45, 7) is 3.89. The monoisotopic (exact) mass is 311 g/mol. The minimum absolute atomic E-state index is 0.316. The van der Waals surface area contributed by atoms with Crippen molar-refractivity contribution in [3.63, 3.8) is 0 Å². The second kappa shape index (κ2) is 8.59. The fourth-order valence-electron chi connectivity index (χ4n) is 1.43. The number of sulfonamides is 1. The minimum Gasteiger partial charge on any atom is -0.465 e. The van der Waals surface area contributed by atoms with Crippen molar-refractivity contribution in [2.24, 2.45) is 0 Å². The van der Waals surface area contributed by atoms with Crippen LogP contribution < -0.4 is 4.72 Å². The van der Waals surface area contributed by atoms with Crippen LogP contribution in [0.2, 0.25) is 0 Å². The largest absolute Gasteiger partial charge is 0.465 e. The zero-order valence-electron chi connectivity index (χ0n) is 12.3. The third-order valence-corrected chi connectivity index (χ3v) is 3.74. The Morgan fingerprint density at radius 3 is 2.57 bits per heavy atom. The highest BCUT2D eigenvalue weighted by Gasteiger charge is 2.09. The van der Waals surface area contributed by atoms with Crippen LogP contribution in [0.5, 0.6) is 0 Å². The first-order valence-corrected chi connectivity index (χ1v) is 8.37. The summed E-state index contributed by atoms with van der Waals surface area (Å²) in [5.41, 5.74) is 1.87. The summed E-state index contributed by atoms with van der Waals surface area (Å²) in [7, 11) is -3.65. The maximum Gasteiger partial charge on any atom is 0.321 e. The number of hydrogen-bond donors (Lipinski definition) is 1. The van der Waals surface area contributed by atoms with E-state index in [2.05, 4.69) is 4.72 Å². The van der Waals surface area contributed by atoms with Crippen LogP contribution in [-0.2, 0) is 19.6 Å². The van der Waals surface area contributed by atoms with Crippen molar-refractivity contribution >= 4 is 22.1 Å². The van der Waals surface area contributed by atoms with E-state index in [1.165, 1.54) is 6.08 Å². The smallest absolute Gasteiger partial charge is 0.321 e. The Bertz CT molecular complexity index is 576. The summed E-state index contributed by atoms with van der Waals surface area (Å²) in [6.07, 6.45) is 3.16. The Hall–Kier alpha value is -1.66. The summed E-state index contributed by atoms with van der Waals surface area (Å²) in [5.74, 6) is -0.573. The Morgan fingerprint density at radius 1 is 1.29 bits per heavy atom. The molecule has 1 aromatic carbocycles. The van der Waals surface area contributed by atoms with Gasteiger partial charge in [0.1, 0.15) is 6.54 Å². The SMILES string of the molecule is CCCCOC(=O)CNS(=O)(=O)/C=C/c1ccc(C)cc1. The zero-order valence-corrected chi connectivity index (χ0v) is 13.2. The van der Waals surface area contributed by atoms with E-state index in [1.807, 2.05) is 38.1 Å². The second-order valence-corrected chi connectivity index (χ2v) is 6.30. The molecule has 0 bridgehead atoms. The van der Waals surface area contributed by atoms with Crippen molar-refractivity contribution in [3.05, 3.63) is 40.8 Å². The molecule has 0 heterocycles. The van der Waals surface area contributed by atoms with Crippen molar-refractivity contribution in [3.8, 4) is 0 Å². The summed E-state index contributed by atoms with van der Waals surface area (Å²) in [4.78, 5) is 11.3. The standard InChI is InChI=1S/C15H21NO4S/c1-3-4-10-20-15(17)12-16-21(18,19)11-9-14-7-5-13(2)6-8-14/h5-9,11,16H,3-4,10,12H2,1-2H3/b11-9+. The number of ether oxygens (including phenoxy) is 1. The average molecular weight is 311 g/mol. The molecular weight excluding hydrogens is 290 g/mol. The third kappa shape index (κ3) is 7.63. The number of carbonyl (C=O) groups excluding carboxylic acids is 1. The van der Waals surface area contributed by atoms with Gasteiger partial charge in [-0.15, -0.1) is 0 Å². The Balaban J connectivity index is 2.46. The highest BCUT2D eigenvalue weighted by atomic mass is 32.2. The Labute approximate surface area is 126 Å². The average Bonchev–Trinajstić information content (AvgIpc) is 2.45. The molecule has 6 heteroatoms. The van der Waals surface area contributed by atoms with E-state index in [9.17, 15) is 13.2 Å². The molecule has 5 nitrogen and oxygen atoms in total. The van der Waals surface area contributed by atoms with Gasteiger partial charge in [0.15, 0.2) is 0 Å². The van der Waals surface area contributed by atoms with E-state index in [-0.39, 0.29) is 6.54 Å². The molecule has 0 atom stereocenters. The molecule has 0 fully saturated rings. The second-order valence-electron chi connectivity index (χ2n) is 4.65. The summed E-state index contributed by atoms with van der Waals surface area (Å²) >= 11 is 0. The molecule has 0 saturated carbocycles. The van der Waals surface area contributed by atoms with E-state index >= 15 is 0 Å². The van der Waals surface area contributed by atoms with Crippen LogP contribution in [0.25, 0.3) is 6.08 Å². The molecule has 1 rings (SSSR count). The molecule has 0 saturated heterocycles. The number of unbranched alkanes of at least 4 members (excludes halogenated alkanes) is 1. The van der Waals surface area contributed by atoms with E-state index in [0.717, 1.165) is 29.4 Å². The molecule has 0 aliphatic heterocycles. The first-order valence-electron chi connectivity index (χ1n) is 6.83. The van der Waals surface area contributed by atoms with Gasteiger partial charge >= 0.3 is 5.97 Å². The van der Waals surface area contributed by atoms with Crippen LogP contribution in [0.3, 0.4) is 0 Å². The van der Waals surface area contributed by atoms with E-state index in [0.29, 0.717) is 6.61 Å². The van der Waals surface area contributed by atoms with Crippen molar-refractivity contribution in [1.82, 2.24) is 4.72 Å². The predicted molar refractivity (Wildman–Crippen MR) is 83.0 cm³/mol. The highest BCUT2D eigenvalue weighted by molar-refractivity contribution is 7.92. The lowest BCUT2D eigenvalue weighted by Crippen LogP contribution is -2.29. The van der Waals surface area contributed by atoms with Gasteiger partial charge in [0.2, 0.25) is 10.0 Å². The van der Waals surface area contributed by atoms with Crippen molar-refractivity contribution in [1.29, 1.82) is 0 Å². The number of nitrogens with one attached hydrogen (secondary N) is 1. The molecule has 116 valence electrons. The number of rotatable bonds is 8. The van der Waals surface area contributed by atoms with Gasteiger partial charge in [-0.3, -0.25) is 4.79 Å². The molecular formula is C15H21NO4S. The van der Waals surface area contributed by atoms with Crippen LogP contribution in [0.4, 0.5) is 0 Å². The maximum absolute atomic E-state index is 11.7. The number of hydrogen-bond acceptors (Lipinski definition) is 4. The van der Waals surface area contributed by atoms with Crippen molar-refractivity contribution in [2.75, 3.05) is 13.2 Å². The van der Waals surface area contributed by atoms with Gasteiger partial charge in [-0.25, -0.2) is 13.1 Å². The van der Waals surface area contributed by atoms with Gasteiger partial charge in [0, 0.05) is 5.41 Å². The molecule has 0 aliphatic carbocycles. The Kier molecular flexibility index (Phi) is 7.11. The third-order valence-electron chi connectivity index (χ3n) is 2.70. The summed E-state index contributed by atoms with van der Waals surface area (Å²) < 4.78 is 30.4. The molecule has 0 spiro atoms. The van der Waals surface area contributed by atoms with Gasteiger partial charge in [-0.2, -0.15) is 0 Å². The molecule has 1 N–H and O–H groups in total. The fourth-order valence-corrected chi connectivity index (χ4v) is 2.19. The van der Waals surface area contributed by atoms with E-state index in [1.54, 1.807) is 0 Å². The number of carbonyl (C=O) groups is 1. The Morgan fingerprint density at radius 2 is 1.95 bits per heavy atom. The predicted octanol–water partition coefficient (Wildman–Crippen LogP) is 2.23. The molecule has 0 aliphatic rings. The molecule has 0 unspecified atom stereocenters. The molecule has 0 radical (unpaired) electrons. The van der Waals surface area contributed by atoms with Crippen LogP contribution >= 0.6 is 0 Å². The molecule has 0 amide bonds. The molecule has 1 aromatic rings. The zero-order chi connectivity index (χ0) is 15.7. The lowest BCUT2D eigenvalue weighted by atomic mass is 10.2. The van der Waals surface area contributed by atoms with E-state index in [4.69, 9.17) is 4.74 Å². The van der Waals surface area contributed by atoms with Crippen LogP contribution in [0.1, 0.15) is 30.9 Å². The van der Waals surface area contributed by atoms with Crippen molar-refractivity contribution in [2.45, 2.75) is 26.7 Å². The normalized spacial score (nSPS) is 11.7. The number of aryl methyl sites for hydroxylation is 1. The lowest BCUT2D eigenvalue weighted by Gasteiger charge is -2.04. The van der Waals surface area contributed by atoms with Crippen LogP contribution in [0, 0.1) is 6.92 Å². The minimum atomic E-state index is -3.65. The lowest BCUT2D eigenvalue weighted by molar-refractivity contribution is -0.142. The highest BCUT2D eigenvalue weighted by Crippen LogP contribution is 2.05. The fraction of sp³-hybridized carbons (Fsp3) is 0.400. The van der Waals surface area contributed by atoms with E-state index < -0.39 is 16.0 Å². The topological polar surface area (TPSA) is 72.5 Å². The van der Waals surface area contributed by atoms with Gasteiger partial charge in [-0.05, 0) is 25.0 Å². The molecule has 21 heavy (non-hydrogen) atoms. The van der Waals surface area contributed by atoms with Gasteiger partial charge in [-0.1, -0.05) is 43.2 Å². The van der Waals surface area contributed by atoms with Gasteiger partial charge in [0.05, 0.1) is 6.61 Å². The number of benzene rings is 1. The summed E-state index contributed by atoms with van der Waals surface area (Å²) in [5, 5.41) is 1.04. The quantitative estimate of drug-likeness (QED) is 0.590. The van der Waals surface area contributed by atoms with Crippen LogP contribution in [0.15, 0.2) is 29.7 Å². The summed E-state index contributed by atoms with van der Waals surface area (Å²) in [6, 6.07) is 7.43. The molecule has 0 aromatic heterocycles. The number of esters is 1. The first kappa shape index (κ1) is 17.4. The van der Waals surface area contributed by atoms with Gasteiger partial charge in [0.25, 0.3) is 0 Å². The van der Waals surface area contributed by atoms with Crippen molar-refractivity contribution < 1.29 is 17.9 Å².